The van der Waals surface area contributed by atoms with Gasteiger partial charge in [-0.1, -0.05) is 20.8 Å². The summed E-state index contributed by atoms with van der Waals surface area (Å²) in [6, 6.07) is 5.35. The van der Waals surface area contributed by atoms with Gasteiger partial charge in [-0.2, -0.15) is 0 Å². The van der Waals surface area contributed by atoms with Crippen molar-refractivity contribution in [2.45, 2.75) is 39.7 Å². The van der Waals surface area contributed by atoms with Crippen molar-refractivity contribution in [1.82, 2.24) is 9.88 Å². The summed E-state index contributed by atoms with van der Waals surface area (Å²) >= 11 is 0. The van der Waals surface area contributed by atoms with Crippen molar-refractivity contribution in [1.29, 1.82) is 5.41 Å². The van der Waals surface area contributed by atoms with Crippen LogP contribution in [0.5, 0.6) is 11.5 Å². The van der Waals surface area contributed by atoms with E-state index in [1.807, 2.05) is 19.2 Å². The van der Waals surface area contributed by atoms with Crippen molar-refractivity contribution < 1.29 is 24.2 Å². The van der Waals surface area contributed by atoms with Gasteiger partial charge in [0.25, 0.3) is 0 Å². The highest BCUT2D eigenvalue weighted by molar-refractivity contribution is 6.05. The lowest BCUT2D eigenvalue weighted by atomic mass is 9.84. The van der Waals surface area contributed by atoms with E-state index in [2.05, 4.69) is 30.7 Å². The van der Waals surface area contributed by atoms with Crippen LogP contribution in [0.3, 0.4) is 0 Å². The van der Waals surface area contributed by atoms with E-state index >= 15 is 0 Å². The number of carbonyl (C=O) groups is 2. The maximum atomic E-state index is 13.4. The predicted molar refractivity (Wildman–Crippen MR) is 128 cm³/mol. The molecule has 0 aliphatic carbocycles. The molecule has 34 heavy (non-hydrogen) atoms. The van der Waals surface area contributed by atoms with E-state index in [0.29, 0.717) is 24.3 Å². The van der Waals surface area contributed by atoms with E-state index in [1.54, 1.807) is 17.9 Å². The Hall–Kier alpha value is -3.62. The first-order chi connectivity index (χ1) is 16.0. The summed E-state index contributed by atoms with van der Waals surface area (Å²) in [5.41, 5.74) is 2.89. The first kappa shape index (κ1) is 23.5. The molecule has 2 aliphatic rings. The fraction of sp³-hybridized carbons (Fsp3) is 0.440. The van der Waals surface area contributed by atoms with Crippen LogP contribution in [0.2, 0.25) is 0 Å². The van der Waals surface area contributed by atoms with E-state index < -0.39 is 5.97 Å². The van der Waals surface area contributed by atoms with Crippen molar-refractivity contribution in [2.24, 2.45) is 0 Å². The number of carbonyl (C=O) groups excluding carboxylic acids is 1. The number of ether oxygens (including phenoxy) is 2. The normalized spacial score (nSPS) is 15.0. The zero-order valence-corrected chi connectivity index (χ0v) is 20.2. The van der Waals surface area contributed by atoms with Gasteiger partial charge in [-0.15, -0.1) is 0 Å². The molecule has 0 fully saturated rings. The number of likely N-dealkylation sites (N-methyl/N-ethyl adjacent to an activating group) is 1. The average molecular weight is 467 g/mol. The highest BCUT2D eigenvalue weighted by atomic mass is 16.5. The van der Waals surface area contributed by atoms with Crippen molar-refractivity contribution >= 4 is 23.3 Å². The van der Waals surface area contributed by atoms with Gasteiger partial charge in [0.2, 0.25) is 0 Å². The van der Waals surface area contributed by atoms with Crippen LogP contribution in [0.4, 0.5) is 5.69 Å². The van der Waals surface area contributed by atoms with Crippen molar-refractivity contribution in [3.8, 4) is 11.5 Å². The van der Waals surface area contributed by atoms with E-state index in [9.17, 15) is 14.7 Å². The van der Waals surface area contributed by atoms with Gasteiger partial charge >= 0.3 is 5.97 Å². The number of aromatic nitrogens is 1. The van der Waals surface area contributed by atoms with Gasteiger partial charge in [0.05, 0.1) is 25.4 Å². The molecule has 3 heterocycles. The fourth-order valence-electron chi connectivity index (χ4n) is 4.28. The summed E-state index contributed by atoms with van der Waals surface area (Å²) in [5.74, 6) is -0.337. The van der Waals surface area contributed by atoms with Gasteiger partial charge in [0, 0.05) is 30.3 Å². The monoisotopic (exact) mass is 466 g/mol. The van der Waals surface area contributed by atoms with Gasteiger partial charge in [-0.05, 0) is 30.5 Å². The lowest BCUT2D eigenvalue weighted by Crippen LogP contribution is -2.33. The molecule has 2 N–H and O–H groups in total. The zero-order valence-electron chi connectivity index (χ0n) is 20.2. The van der Waals surface area contributed by atoms with Crippen molar-refractivity contribution in [3.05, 3.63) is 46.3 Å². The number of nitrogens with zero attached hydrogens (tertiary/aromatic N) is 3. The van der Waals surface area contributed by atoms with E-state index in [0.717, 1.165) is 23.5 Å². The van der Waals surface area contributed by atoms with E-state index in [4.69, 9.17) is 14.9 Å². The van der Waals surface area contributed by atoms with Crippen molar-refractivity contribution in [3.63, 3.8) is 0 Å². The Labute approximate surface area is 198 Å². The van der Waals surface area contributed by atoms with Gasteiger partial charge in [-0.25, -0.2) is 9.78 Å². The molecular weight excluding hydrogens is 436 g/mol. The molecule has 2 aromatic rings. The number of carboxylic acids is 1. The molecule has 180 valence electrons. The predicted octanol–water partition coefficient (Wildman–Crippen LogP) is 3.33. The van der Waals surface area contributed by atoms with Crippen LogP contribution in [0.15, 0.2) is 18.2 Å². The number of Topliss-reactive ketones (excluding diaryl/α,β-unsaturated/α-hetero) is 1. The molecular formula is C25H30N4O5. The Balaban J connectivity index is 1.64. The third-order valence-electron chi connectivity index (χ3n) is 6.09. The first-order valence-corrected chi connectivity index (χ1v) is 11.3. The second-order valence-electron chi connectivity index (χ2n) is 9.60. The van der Waals surface area contributed by atoms with Crippen LogP contribution in [0.1, 0.15) is 65.4 Å². The first-order valence-electron chi connectivity index (χ1n) is 11.3. The number of hydrogen-bond acceptors (Lipinski definition) is 7. The summed E-state index contributed by atoms with van der Waals surface area (Å²) in [6.45, 7) is 9.92. The molecule has 0 atom stereocenters. The number of aromatic carboxylic acids is 1. The lowest BCUT2D eigenvalue weighted by molar-refractivity contribution is 0.0685. The Bertz CT molecular complexity index is 1180. The van der Waals surface area contributed by atoms with Crippen LogP contribution in [0, 0.1) is 5.41 Å². The molecule has 9 heteroatoms. The van der Waals surface area contributed by atoms with Crippen LogP contribution in [-0.2, 0) is 12.0 Å². The quantitative estimate of drug-likeness (QED) is 0.623. The Morgan fingerprint density at radius 2 is 2.00 bits per heavy atom. The Kier molecular flexibility index (Phi) is 5.97. The number of fused-ring (bicyclic) bond motifs is 2. The average Bonchev–Trinajstić information content (AvgIpc) is 3.06. The summed E-state index contributed by atoms with van der Waals surface area (Å²) < 4.78 is 11.4. The number of hydrogen-bond donors (Lipinski definition) is 2. The molecule has 4 rings (SSSR count). The molecule has 0 saturated heterocycles. The van der Waals surface area contributed by atoms with Gasteiger partial charge < -0.3 is 24.4 Å². The summed E-state index contributed by atoms with van der Waals surface area (Å²) in [5, 5.41) is 18.0. The maximum Gasteiger partial charge on any atom is 0.358 e. The minimum Gasteiger partial charge on any atom is -0.491 e. The second kappa shape index (κ2) is 8.62. The van der Waals surface area contributed by atoms with Gasteiger partial charge in [0.1, 0.15) is 23.9 Å². The molecule has 9 nitrogen and oxygen atoms in total. The third-order valence-corrected chi connectivity index (χ3v) is 6.09. The highest BCUT2D eigenvalue weighted by Crippen LogP contribution is 2.41. The number of pyridine rings is 1. The number of benzene rings is 1. The molecule has 0 saturated carbocycles. The molecule has 1 aromatic heterocycles. The second-order valence-corrected chi connectivity index (χ2v) is 9.60. The number of amidine groups is 1. The summed E-state index contributed by atoms with van der Waals surface area (Å²) in [7, 11) is 1.98. The number of ketones is 1. The molecule has 0 spiro atoms. The van der Waals surface area contributed by atoms with Crippen LogP contribution < -0.4 is 14.4 Å². The summed E-state index contributed by atoms with van der Waals surface area (Å²) in [4.78, 5) is 32.9. The molecule has 1 aromatic carbocycles. The van der Waals surface area contributed by atoms with E-state index in [1.165, 1.54) is 0 Å². The third kappa shape index (κ3) is 4.18. The number of carboxylic acid groups (broad SMARTS) is 1. The number of rotatable bonds is 6. The smallest absolute Gasteiger partial charge is 0.358 e. The molecule has 0 radical (unpaired) electrons. The highest BCUT2D eigenvalue weighted by Gasteiger charge is 2.32. The van der Waals surface area contributed by atoms with Crippen LogP contribution in [-0.4, -0.2) is 65.9 Å². The molecule has 0 bridgehead atoms. The number of anilines is 1. The van der Waals surface area contributed by atoms with Gasteiger partial charge in [0.15, 0.2) is 17.2 Å². The van der Waals surface area contributed by atoms with Crippen molar-refractivity contribution in [2.75, 3.05) is 38.3 Å². The maximum absolute atomic E-state index is 13.4. The molecule has 0 unspecified atom stereocenters. The zero-order chi connectivity index (χ0) is 24.8. The Morgan fingerprint density at radius 1 is 1.26 bits per heavy atom. The SMILES string of the molecule is CCOc1cc2c(nc1C(=O)O)C(=N)N(CC(=O)c1cc3c(c(C(C)(C)C)c1)OCCN3C)C2. The summed E-state index contributed by atoms with van der Waals surface area (Å²) in [6.07, 6.45) is 0. The number of nitrogens with one attached hydrogen (secondary N) is 1. The fourth-order valence-corrected chi connectivity index (χ4v) is 4.28. The van der Waals surface area contributed by atoms with E-state index in [-0.39, 0.29) is 47.3 Å². The van der Waals surface area contributed by atoms with Gasteiger partial charge in [-0.3, -0.25) is 10.2 Å². The topological polar surface area (TPSA) is 116 Å². The molecule has 2 aliphatic heterocycles. The minimum atomic E-state index is -1.22. The minimum absolute atomic E-state index is 0.0193. The molecule has 0 amide bonds. The lowest BCUT2D eigenvalue weighted by Gasteiger charge is -2.33. The Morgan fingerprint density at radius 3 is 2.65 bits per heavy atom. The van der Waals surface area contributed by atoms with Crippen LogP contribution in [0.25, 0.3) is 0 Å². The van der Waals surface area contributed by atoms with Crippen LogP contribution >= 0.6 is 0 Å². The standard InChI is InChI=1S/C25H30N4O5/c1-6-33-19-11-15-12-29(23(26)20(15)27-21(19)24(31)32)13-18(30)14-9-16(25(2,3)4)22-17(10-14)28(5)7-8-34-22/h9-11,26H,6-8,12-13H2,1-5H3,(H,31,32). The largest absolute Gasteiger partial charge is 0.491 e.